The normalized spacial score (nSPS) is 10.8. The van der Waals surface area contributed by atoms with E-state index in [-0.39, 0.29) is 5.91 Å². The van der Waals surface area contributed by atoms with Gasteiger partial charge in [-0.1, -0.05) is 19.1 Å². The maximum absolute atomic E-state index is 11.5. The lowest BCUT2D eigenvalue weighted by Crippen LogP contribution is -2.21. The molecule has 0 radical (unpaired) electrons. The fourth-order valence-electron chi connectivity index (χ4n) is 1.82. The largest absolute Gasteiger partial charge is 0.487 e. The van der Waals surface area contributed by atoms with E-state index in [9.17, 15) is 4.79 Å². The van der Waals surface area contributed by atoms with Crippen LogP contribution in [0, 0.1) is 6.92 Å². The summed E-state index contributed by atoms with van der Waals surface area (Å²) in [5.74, 6) is 0.688. The molecule has 22 heavy (non-hydrogen) atoms. The molecule has 0 saturated heterocycles. The quantitative estimate of drug-likeness (QED) is 0.795. The van der Waals surface area contributed by atoms with Gasteiger partial charge in [0.1, 0.15) is 12.4 Å². The molecule has 1 aromatic carbocycles. The van der Waals surface area contributed by atoms with E-state index in [4.69, 9.17) is 4.74 Å². The molecule has 0 unspecified atom stereocenters. The number of benzene rings is 1. The third kappa shape index (κ3) is 5.33. The molecular formula is C17H20N2O2S. The number of rotatable bonds is 7. The van der Waals surface area contributed by atoms with Crippen molar-refractivity contribution in [3.63, 3.8) is 0 Å². The lowest BCUT2D eigenvalue weighted by atomic mass is 10.2. The Morgan fingerprint density at radius 2 is 2.32 bits per heavy atom. The number of thiazole rings is 1. The van der Waals surface area contributed by atoms with Gasteiger partial charge in [0.05, 0.1) is 10.7 Å². The Bertz CT molecular complexity index is 650. The van der Waals surface area contributed by atoms with E-state index in [2.05, 4.69) is 10.3 Å². The van der Waals surface area contributed by atoms with Crippen LogP contribution in [0.2, 0.25) is 0 Å². The van der Waals surface area contributed by atoms with Crippen molar-refractivity contribution in [3.05, 3.63) is 52.0 Å². The van der Waals surface area contributed by atoms with Gasteiger partial charge in [-0.3, -0.25) is 4.79 Å². The Balaban J connectivity index is 1.91. The number of carbonyl (C=O) groups is 1. The average molecular weight is 316 g/mol. The van der Waals surface area contributed by atoms with Crippen molar-refractivity contribution in [1.82, 2.24) is 10.3 Å². The molecule has 0 atom stereocenters. The maximum Gasteiger partial charge on any atom is 0.243 e. The van der Waals surface area contributed by atoms with E-state index in [1.54, 1.807) is 23.5 Å². The third-order valence-electron chi connectivity index (χ3n) is 2.89. The van der Waals surface area contributed by atoms with Gasteiger partial charge in [0, 0.05) is 18.0 Å². The first-order valence-corrected chi connectivity index (χ1v) is 8.15. The van der Waals surface area contributed by atoms with Gasteiger partial charge in [-0.2, -0.15) is 0 Å². The van der Waals surface area contributed by atoms with Crippen LogP contribution in [0.4, 0.5) is 0 Å². The van der Waals surface area contributed by atoms with Crippen molar-refractivity contribution >= 4 is 23.3 Å². The first-order chi connectivity index (χ1) is 10.7. The summed E-state index contributed by atoms with van der Waals surface area (Å²) in [6.07, 6.45) is 4.25. The molecule has 0 saturated carbocycles. The highest BCUT2D eigenvalue weighted by Gasteiger charge is 2.00. The minimum Gasteiger partial charge on any atom is -0.487 e. The SMILES string of the molecule is CCCNC(=O)/C=C/c1cccc(OCc2csc(C)n2)c1. The number of aromatic nitrogens is 1. The lowest BCUT2D eigenvalue weighted by Gasteiger charge is -2.05. The number of hydrogen-bond acceptors (Lipinski definition) is 4. The van der Waals surface area contributed by atoms with Crippen LogP contribution in [-0.2, 0) is 11.4 Å². The lowest BCUT2D eigenvalue weighted by molar-refractivity contribution is -0.116. The van der Waals surface area contributed by atoms with E-state index < -0.39 is 0 Å². The summed E-state index contributed by atoms with van der Waals surface area (Å²) in [5, 5.41) is 5.83. The Morgan fingerprint density at radius 1 is 1.45 bits per heavy atom. The van der Waals surface area contributed by atoms with Gasteiger partial charge in [0.15, 0.2) is 0 Å². The number of hydrogen-bond donors (Lipinski definition) is 1. The van der Waals surface area contributed by atoms with Crippen LogP contribution >= 0.6 is 11.3 Å². The highest BCUT2D eigenvalue weighted by molar-refractivity contribution is 7.09. The summed E-state index contributed by atoms with van der Waals surface area (Å²) in [4.78, 5) is 15.9. The Labute approximate surface area is 134 Å². The predicted molar refractivity (Wildman–Crippen MR) is 90.0 cm³/mol. The van der Waals surface area contributed by atoms with E-state index in [0.29, 0.717) is 13.2 Å². The van der Waals surface area contributed by atoms with Crippen LogP contribution in [0.25, 0.3) is 6.08 Å². The van der Waals surface area contributed by atoms with E-state index in [0.717, 1.165) is 28.4 Å². The van der Waals surface area contributed by atoms with Crippen molar-refractivity contribution in [2.24, 2.45) is 0 Å². The van der Waals surface area contributed by atoms with Gasteiger partial charge in [-0.25, -0.2) is 4.98 Å². The van der Waals surface area contributed by atoms with Gasteiger partial charge in [-0.05, 0) is 37.1 Å². The molecule has 1 N–H and O–H groups in total. The summed E-state index contributed by atoms with van der Waals surface area (Å²) in [7, 11) is 0. The summed E-state index contributed by atoms with van der Waals surface area (Å²) in [6.45, 7) is 5.14. The molecule has 1 heterocycles. The molecule has 4 nitrogen and oxygen atoms in total. The van der Waals surface area contributed by atoms with Gasteiger partial charge in [0.2, 0.25) is 5.91 Å². The Kier molecular flexibility index (Phi) is 6.15. The van der Waals surface area contributed by atoms with Crippen molar-refractivity contribution in [2.45, 2.75) is 26.9 Å². The smallest absolute Gasteiger partial charge is 0.243 e. The zero-order valence-corrected chi connectivity index (χ0v) is 13.7. The highest BCUT2D eigenvalue weighted by Crippen LogP contribution is 2.17. The minimum atomic E-state index is -0.0777. The summed E-state index contributed by atoms with van der Waals surface area (Å²) < 4.78 is 5.73. The molecule has 0 spiro atoms. The molecule has 2 rings (SSSR count). The number of carbonyl (C=O) groups excluding carboxylic acids is 1. The number of ether oxygens (including phenoxy) is 1. The number of aryl methyl sites for hydroxylation is 1. The van der Waals surface area contributed by atoms with Crippen molar-refractivity contribution in [1.29, 1.82) is 0 Å². The van der Waals surface area contributed by atoms with Crippen molar-refractivity contribution in [3.8, 4) is 5.75 Å². The summed E-state index contributed by atoms with van der Waals surface area (Å²) in [5.41, 5.74) is 1.86. The standard InChI is InChI=1S/C17H20N2O2S/c1-3-9-18-17(20)8-7-14-5-4-6-16(10-14)21-11-15-12-22-13(2)19-15/h4-8,10,12H,3,9,11H2,1-2H3,(H,18,20)/b8-7+. The molecule has 0 bridgehead atoms. The van der Waals surface area contributed by atoms with Crippen molar-refractivity contribution in [2.75, 3.05) is 6.54 Å². The molecule has 1 amide bonds. The highest BCUT2D eigenvalue weighted by atomic mass is 32.1. The van der Waals surface area contributed by atoms with Gasteiger partial charge >= 0.3 is 0 Å². The van der Waals surface area contributed by atoms with Crippen molar-refractivity contribution < 1.29 is 9.53 Å². The first-order valence-electron chi connectivity index (χ1n) is 7.27. The fourth-order valence-corrected chi connectivity index (χ4v) is 2.42. The van der Waals surface area contributed by atoms with Crippen LogP contribution in [0.15, 0.2) is 35.7 Å². The Hall–Kier alpha value is -2.14. The second-order valence-electron chi connectivity index (χ2n) is 4.84. The summed E-state index contributed by atoms with van der Waals surface area (Å²) >= 11 is 1.61. The summed E-state index contributed by atoms with van der Waals surface area (Å²) in [6, 6.07) is 7.64. The zero-order valence-electron chi connectivity index (χ0n) is 12.8. The maximum atomic E-state index is 11.5. The molecule has 0 aliphatic rings. The zero-order chi connectivity index (χ0) is 15.8. The fraction of sp³-hybridized carbons (Fsp3) is 0.294. The molecule has 2 aromatic rings. The monoisotopic (exact) mass is 316 g/mol. The van der Waals surface area contributed by atoms with Crippen LogP contribution in [-0.4, -0.2) is 17.4 Å². The second kappa shape index (κ2) is 8.34. The Morgan fingerprint density at radius 3 is 3.05 bits per heavy atom. The van der Waals surface area contributed by atoms with Crippen LogP contribution in [0.1, 0.15) is 29.6 Å². The molecule has 0 aliphatic carbocycles. The first kappa shape index (κ1) is 16.2. The molecule has 0 aliphatic heterocycles. The third-order valence-corrected chi connectivity index (χ3v) is 3.71. The minimum absolute atomic E-state index is 0.0777. The van der Waals surface area contributed by atoms with Crippen LogP contribution < -0.4 is 10.1 Å². The molecule has 5 heteroatoms. The number of nitrogens with zero attached hydrogens (tertiary/aromatic N) is 1. The number of nitrogens with one attached hydrogen (secondary N) is 1. The second-order valence-corrected chi connectivity index (χ2v) is 5.91. The topological polar surface area (TPSA) is 51.2 Å². The van der Waals surface area contributed by atoms with Gasteiger partial charge < -0.3 is 10.1 Å². The van der Waals surface area contributed by atoms with Crippen LogP contribution in [0.3, 0.4) is 0 Å². The van der Waals surface area contributed by atoms with Crippen LogP contribution in [0.5, 0.6) is 5.75 Å². The van der Waals surface area contributed by atoms with Gasteiger partial charge in [-0.15, -0.1) is 11.3 Å². The van der Waals surface area contributed by atoms with Gasteiger partial charge in [0.25, 0.3) is 0 Å². The van der Waals surface area contributed by atoms with E-state index in [1.807, 2.05) is 43.5 Å². The van der Waals surface area contributed by atoms with E-state index in [1.165, 1.54) is 0 Å². The average Bonchev–Trinajstić information content (AvgIpc) is 2.95. The van der Waals surface area contributed by atoms with E-state index >= 15 is 0 Å². The molecular weight excluding hydrogens is 296 g/mol. The molecule has 1 aromatic heterocycles. The number of amides is 1. The molecule has 0 fully saturated rings. The molecule has 116 valence electrons. The predicted octanol–water partition coefficient (Wildman–Crippen LogP) is 3.57.